The highest BCUT2D eigenvalue weighted by Gasteiger charge is 2.48. The van der Waals surface area contributed by atoms with Crippen LogP contribution in [0.4, 0.5) is 0 Å². The first kappa shape index (κ1) is 45.2. The van der Waals surface area contributed by atoms with E-state index < -0.39 is 79.0 Å². The molecule has 0 amide bonds. The fourth-order valence-corrected chi connectivity index (χ4v) is 8.02. The summed E-state index contributed by atoms with van der Waals surface area (Å²) in [6, 6.07) is -0.331. The van der Waals surface area contributed by atoms with Crippen molar-refractivity contribution >= 4 is 18.2 Å². The first-order valence-electron chi connectivity index (χ1n) is 19.4. The molecule has 15 unspecified atom stereocenters. The van der Waals surface area contributed by atoms with Crippen LogP contribution in [0, 0.1) is 17.8 Å². The summed E-state index contributed by atoms with van der Waals surface area (Å²) in [5.41, 5.74) is 0. The van der Waals surface area contributed by atoms with Crippen LogP contribution in [0.3, 0.4) is 0 Å². The number of carbonyl (C=O) groups is 3. The lowest BCUT2D eigenvalue weighted by Crippen LogP contribution is -2.61. The average Bonchev–Trinajstić information content (AvgIpc) is 3.08. The van der Waals surface area contributed by atoms with Crippen LogP contribution in [0.5, 0.6) is 0 Å². The van der Waals surface area contributed by atoms with Gasteiger partial charge in [0.1, 0.15) is 24.6 Å². The molecule has 0 aromatic carbocycles. The van der Waals surface area contributed by atoms with Gasteiger partial charge in [-0.2, -0.15) is 0 Å². The number of aldehydes is 1. The van der Waals surface area contributed by atoms with E-state index >= 15 is 0 Å². The van der Waals surface area contributed by atoms with Crippen LogP contribution in [0.2, 0.25) is 0 Å². The number of hydrogen-bond donors (Lipinski definition) is 2. The SMILES string of the molecule is CCC(=O)OC1CC(=O)OC(C)CC=CC=CC(OC2CC(N(C)C)CC(C)O2)C(C)CC(CC=O)C(OC2CC(C)C(O)C(N(C)C)C2O)C1OC. The number of cyclic esters (lactones) is 1. The highest BCUT2D eigenvalue weighted by atomic mass is 16.7. The lowest BCUT2D eigenvalue weighted by Gasteiger charge is -2.47. The van der Waals surface area contributed by atoms with E-state index in [0.29, 0.717) is 25.7 Å². The van der Waals surface area contributed by atoms with Crippen molar-refractivity contribution in [1.29, 1.82) is 0 Å². The predicted molar refractivity (Wildman–Crippen MR) is 200 cm³/mol. The van der Waals surface area contributed by atoms with Gasteiger partial charge in [-0.25, -0.2) is 0 Å². The Morgan fingerprint density at radius 3 is 2.25 bits per heavy atom. The zero-order valence-electron chi connectivity index (χ0n) is 33.7. The molecule has 15 atom stereocenters. The second kappa shape index (κ2) is 21.8. The van der Waals surface area contributed by atoms with Gasteiger partial charge in [0.15, 0.2) is 6.29 Å². The number of esters is 2. The number of aliphatic hydroxyl groups is 2. The third-order valence-corrected chi connectivity index (χ3v) is 11.0. The first-order chi connectivity index (χ1) is 25.1. The minimum atomic E-state index is -1.12. The summed E-state index contributed by atoms with van der Waals surface area (Å²) in [7, 11) is 9.16. The topological polar surface area (TPSA) is 154 Å². The van der Waals surface area contributed by atoms with Crippen LogP contribution in [-0.2, 0) is 42.8 Å². The molecule has 2 heterocycles. The number of likely N-dealkylation sites (N-methyl/N-ethyl adjacent to an activating group) is 1. The van der Waals surface area contributed by atoms with Gasteiger partial charge in [-0.3, -0.25) is 9.59 Å². The first-order valence-corrected chi connectivity index (χ1v) is 19.4. The molecule has 0 aromatic rings. The van der Waals surface area contributed by atoms with E-state index in [0.717, 1.165) is 12.7 Å². The number of nitrogens with zero attached hydrogens (tertiary/aromatic N) is 2. The van der Waals surface area contributed by atoms with Gasteiger partial charge < -0.3 is 53.2 Å². The van der Waals surface area contributed by atoms with Crippen LogP contribution in [-0.4, -0.2) is 147 Å². The normalized spacial score (nSPS) is 39.5. The lowest BCUT2D eigenvalue weighted by atomic mass is 9.78. The molecule has 13 nitrogen and oxygen atoms in total. The van der Waals surface area contributed by atoms with E-state index in [1.165, 1.54) is 7.11 Å². The molecule has 0 spiro atoms. The number of allylic oxidation sites excluding steroid dienone is 2. The van der Waals surface area contributed by atoms with Crippen LogP contribution < -0.4 is 0 Å². The van der Waals surface area contributed by atoms with Crippen LogP contribution >= 0.6 is 0 Å². The Kier molecular flexibility index (Phi) is 18.5. The van der Waals surface area contributed by atoms with Crippen LogP contribution in [0.15, 0.2) is 24.3 Å². The standard InChI is InChI=1S/C40H68N2O11/c1-11-33(44)51-32-23-34(45)49-26(4)15-13-12-14-16-30(52-35-22-29(41(6)7)21-27(5)50-35)24(2)19-28(17-18-43)39(40(32)48-10)53-31-20-25(3)37(46)36(38(31)47)42(8)9/h12-14,16,18,24-32,35-40,46-47H,11,15,17,19-23H2,1-10H3. The van der Waals surface area contributed by atoms with E-state index in [1.807, 2.05) is 31.2 Å². The van der Waals surface area contributed by atoms with Gasteiger partial charge in [-0.15, -0.1) is 0 Å². The van der Waals surface area contributed by atoms with Gasteiger partial charge in [0.05, 0.1) is 49.1 Å². The molecule has 0 aromatic heterocycles. The van der Waals surface area contributed by atoms with E-state index in [9.17, 15) is 24.6 Å². The Bertz CT molecular complexity index is 1200. The number of hydrogen-bond acceptors (Lipinski definition) is 13. The number of methoxy groups -OCH3 is 1. The van der Waals surface area contributed by atoms with Gasteiger partial charge in [-0.05, 0) is 79.1 Å². The lowest BCUT2D eigenvalue weighted by molar-refractivity contribution is -0.224. The van der Waals surface area contributed by atoms with Gasteiger partial charge in [-0.1, -0.05) is 45.1 Å². The smallest absolute Gasteiger partial charge is 0.309 e. The van der Waals surface area contributed by atoms with Crippen molar-refractivity contribution in [3.05, 3.63) is 24.3 Å². The quantitative estimate of drug-likeness (QED) is 0.233. The Hall–Kier alpha value is -2.23. The Labute approximate surface area is 317 Å². The summed E-state index contributed by atoms with van der Waals surface area (Å²) in [5, 5.41) is 22.7. The molecule has 3 aliphatic rings. The molecule has 2 aliphatic heterocycles. The van der Waals surface area contributed by atoms with Crippen LogP contribution in [0.1, 0.15) is 86.0 Å². The summed E-state index contributed by atoms with van der Waals surface area (Å²) in [6.07, 6.45) is 4.10. The van der Waals surface area contributed by atoms with Crippen molar-refractivity contribution in [2.45, 2.75) is 159 Å². The van der Waals surface area contributed by atoms with Gasteiger partial charge in [0.25, 0.3) is 0 Å². The van der Waals surface area contributed by atoms with Gasteiger partial charge >= 0.3 is 11.9 Å². The number of carbonyl (C=O) groups excluding carboxylic acids is 3. The number of rotatable bonds is 11. The van der Waals surface area contributed by atoms with Crippen molar-refractivity contribution in [2.75, 3.05) is 35.3 Å². The van der Waals surface area contributed by atoms with Crippen LogP contribution in [0.25, 0.3) is 0 Å². The van der Waals surface area contributed by atoms with E-state index in [4.69, 9.17) is 28.4 Å². The largest absolute Gasteiger partial charge is 0.462 e. The summed E-state index contributed by atoms with van der Waals surface area (Å²) >= 11 is 0. The van der Waals surface area contributed by atoms with Crippen molar-refractivity contribution < 1.29 is 53.0 Å². The fourth-order valence-electron chi connectivity index (χ4n) is 8.02. The minimum absolute atomic E-state index is 0.00960. The number of aliphatic hydroxyl groups excluding tert-OH is 2. The van der Waals surface area contributed by atoms with Crippen molar-refractivity contribution in [3.63, 3.8) is 0 Å². The second-order valence-corrected chi connectivity index (χ2v) is 15.9. The molecular weight excluding hydrogens is 684 g/mol. The van der Waals surface area contributed by atoms with E-state index in [2.05, 4.69) is 32.8 Å². The fraction of sp³-hybridized carbons (Fsp3) is 0.825. The summed E-state index contributed by atoms with van der Waals surface area (Å²) in [5.74, 6) is -2.03. The Morgan fingerprint density at radius 1 is 0.906 bits per heavy atom. The monoisotopic (exact) mass is 752 g/mol. The van der Waals surface area contributed by atoms with Crippen molar-refractivity contribution in [3.8, 4) is 0 Å². The summed E-state index contributed by atoms with van der Waals surface area (Å²) < 4.78 is 37.6. The molecule has 13 heteroatoms. The molecule has 304 valence electrons. The van der Waals surface area contributed by atoms with Crippen molar-refractivity contribution in [1.82, 2.24) is 9.80 Å². The molecule has 2 N–H and O–H groups in total. The number of ether oxygens (including phenoxy) is 6. The molecule has 1 saturated carbocycles. The van der Waals surface area contributed by atoms with Crippen molar-refractivity contribution in [2.24, 2.45) is 17.8 Å². The molecule has 2 fully saturated rings. The Balaban J connectivity index is 2.12. The third-order valence-electron chi connectivity index (χ3n) is 11.0. The Morgan fingerprint density at radius 2 is 1.62 bits per heavy atom. The molecule has 3 rings (SSSR count). The zero-order valence-corrected chi connectivity index (χ0v) is 33.7. The molecular formula is C40H68N2O11. The molecule has 53 heavy (non-hydrogen) atoms. The molecule has 1 saturated heterocycles. The predicted octanol–water partition coefficient (Wildman–Crippen LogP) is 3.68. The summed E-state index contributed by atoms with van der Waals surface area (Å²) in [6.45, 7) is 9.46. The highest BCUT2D eigenvalue weighted by molar-refractivity contribution is 5.72. The van der Waals surface area contributed by atoms with E-state index in [1.54, 1.807) is 32.8 Å². The van der Waals surface area contributed by atoms with Gasteiger partial charge in [0, 0.05) is 38.8 Å². The molecule has 1 aliphatic carbocycles. The molecule has 0 bridgehead atoms. The van der Waals surface area contributed by atoms with E-state index in [-0.39, 0.29) is 43.2 Å². The average molecular weight is 753 g/mol. The van der Waals surface area contributed by atoms with Gasteiger partial charge in [0.2, 0.25) is 0 Å². The third kappa shape index (κ3) is 13.2. The minimum Gasteiger partial charge on any atom is -0.462 e. The maximum atomic E-state index is 13.3. The second-order valence-electron chi connectivity index (χ2n) is 15.9. The maximum absolute atomic E-state index is 13.3. The highest BCUT2D eigenvalue weighted by Crippen LogP contribution is 2.37. The molecule has 0 radical (unpaired) electrons. The zero-order chi connectivity index (χ0) is 39.4. The maximum Gasteiger partial charge on any atom is 0.309 e. The summed E-state index contributed by atoms with van der Waals surface area (Å²) in [4.78, 5) is 42.6.